The monoisotopic (exact) mass is 421 g/mol. The molecule has 0 bridgehead atoms. The van der Waals surface area contributed by atoms with E-state index in [4.69, 9.17) is 0 Å². The molecule has 0 saturated carbocycles. The van der Waals surface area contributed by atoms with Crippen molar-refractivity contribution in [2.24, 2.45) is 0 Å². The van der Waals surface area contributed by atoms with Gasteiger partial charge in [-0.1, -0.05) is 36.4 Å². The third-order valence-electron chi connectivity index (χ3n) is 5.01. The fourth-order valence-electron chi connectivity index (χ4n) is 3.36. The van der Waals surface area contributed by atoms with Gasteiger partial charge in [-0.2, -0.15) is 0 Å². The molecular formula is C23H20FN3O2S. The number of hydrogen-bond donors (Lipinski definition) is 1. The van der Waals surface area contributed by atoms with Crippen molar-refractivity contribution < 1.29 is 9.18 Å². The van der Waals surface area contributed by atoms with E-state index in [0.29, 0.717) is 22.3 Å². The van der Waals surface area contributed by atoms with Crippen molar-refractivity contribution in [1.82, 2.24) is 14.9 Å². The minimum Gasteiger partial charge on any atom is -0.354 e. The Bertz CT molecular complexity index is 1260. The second-order valence-electron chi connectivity index (χ2n) is 7.04. The Morgan fingerprint density at radius 3 is 2.70 bits per heavy atom. The molecule has 1 N–H and O–H groups in total. The minimum absolute atomic E-state index is 0.103. The average Bonchev–Trinajstić information content (AvgIpc) is 3.17. The van der Waals surface area contributed by atoms with Gasteiger partial charge in [0, 0.05) is 17.5 Å². The van der Waals surface area contributed by atoms with Gasteiger partial charge in [-0.05, 0) is 42.2 Å². The van der Waals surface area contributed by atoms with Crippen LogP contribution >= 0.6 is 11.3 Å². The summed E-state index contributed by atoms with van der Waals surface area (Å²) < 4.78 is 14.6. The van der Waals surface area contributed by atoms with E-state index < -0.39 is 0 Å². The number of nitrogens with one attached hydrogen (secondary N) is 1. The fraction of sp³-hybridized carbons (Fsp3) is 0.174. The quantitative estimate of drug-likeness (QED) is 0.513. The zero-order valence-electron chi connectivity index (χ0n) is 16.4. The number of thiophene rings is 1. The molecule has 2 aromatic carbocycles. The standard InChI is InChI=1S/C23H20FN3O2S/c1-15-4-2-3-5-16(15)10-11-25-20(28)12-27-14-26-22-21(23(27)29)19(13-30-22)17-6-8-18(24)9-7-17/h2-9,13-14H,10-12H2,1H3,(H,25,28). The van der Waals surface area contributed by atoms with Gasteiger partial charge in [0.05, 0.1) is 11.7 Å². The number of fused-ring (bicyclic) bond motifs is 1. The van der Waals surface area contributed by atoms with Crippen molar-refractivity contribution in [3.05, 3.63) is 87.5 Å². The van der Waals surface area contributed by atoms with Gasteiger partial charge in [-0.25, -0.2) is 9.37 Å². The predicted octanol–water partition coefficient (Wildman–Crippen LogP) is 3.93. The summed E-state index contributed by atoms with van der Waals surface area (Å²) >= 11 is 1.35. The molecule has 2 aromatic heterocycles. The Labute approximate surface area is 176 Å². The number of carbonyl (C=O) groups is 1. The van der Waals surface area contributed by atoms with Crippen LogP contribution in [-0.2, 0) is 17.8 Å². The molecule has 152 valence electrons. The number of halogens is 1. The molecule has 5 nitrogen and oxygen atoms in total. The summed E-state index contributed by atoms with van der Waals surface area (Å²) in [5.41, 5.74) is 3.52. The van der Waals surface area contributed by atoms with E-state index in [1.165, 1.54) is 45.5 Å². The average molecular weight is 421 g/mol. The summed E-state index contributed by atoms with van der Waals surface area (Å²) in [6.45, 7) is 2.43. The molecule has 0 saturated heterocycles. The number of benzene rings is 2. The SMILES string of the molecule is Cc1ccccc1CCNC(=O)Cn1cnc2scc(-c3ccc(F)cc3)c2c1=O. The number of amides is 1. The number of carbonyl (C=O) groups excluding carboxylic acids is 1. The first kappa shape index (κ1) is 20.0. The van der Waals surface area contributed by atoms with Crippen LogP contribution in [0.2, 0.25) is 0 Å². The van der Waals surface area contributed by atoms with Crippen molar-refractivity contribution in [3.63, 3.8) is 0 Å². The Kier molecular flexibility index (Phi) is 5.72. The number of aryl methyl sites for hydroxylation is 1. The van der Waals surface area contributed by atoms with Crippen LogP contribution in [-0.4, -0.2) is 22.0 Å². The number of aromatic nitrogens is 2. The summed E-state index contributed by atoms with van der Waals surface area (Å²) in [6.07, 6.45) is 2.13. The highest BCUT2D eigenvalue weighted by Crippen LogP contribution is 2.30. The third-order valence-corrected chi connectivity index (χ3v) is 5.89. The van der Waals surface area contributed by atoms with Crippen molar-refractivity contribution in [2.45, 2.75) is 19.9 Å². The molecule has 0 fully saturated rings. The second kappa shape index (κ2) is 8.59. The highest BCUT2D eigenvalue weighted by Gasteiger charge is 2.15. The first-order chi connectivity index (χ1) is 14.5. The van der Waals surface area contributed by atoms with E-state index in [2.05, 4.69) is 10.3 Å². The van der Waals surface area contributed by atoms with E-state index in [1.54, 1.807) is 12.1 Å². The summed E-state index contributed by atoms with van der Waals surface area (Å²) in [5, 5.41) is 5.14. The molecule has 7 heteroatoms. The topological polar surface area (TPSA) is 64.0 Å². The van der Waals surface area contributed by atoms with Crippen LogP contribution in [0.3, 0.4) is 0 Å². The lowest BCUT2D eigenvalue weighted by Gasteiger charge is -2.09. The molecular weight excluding hydrogens is 401 g/mol. The molecule has 4 aromatic rings. The van der Waals surface area contributed by atoms with Gasteiger partial charge in [-0.3, -0.25) is 14.2 Å². The maximum absolute atomic E-state index is 13.2. The molecule has 0 aliphatic rings. The van der Waals surface area contributed by atoms with Crippen LogP contribution in [0.5, 0.6) is 0 Å². The summed E-state index contributed by atoms with van der Waals surface area (Å²) in [6, 6.07) is 14.0. The fourth-order valence-corrected chi connectivity index (χ4v) is 4.27. The van der Waals surface area contributed by atoms with Crippen LogP contribution in [0.15, 0.2) is 65.0 Å². The number of rotatable bonds is 6. The minimum atomic E-state index is -0.337. The van der Waals surface area contributed by atoms with E-state index >= 15 is 0 Å². The Balaban J connectivity index is 1.50. The zero-order valence-corrected chi connectivity index (χ0v) is 17.2. The Morgan fingerprint density at radius 1 is 1.17 bits per heavy atom. The van der Waals surface area contributed by atoms with E-state index in [-0.39, 0.29) is 23.8 Å². The lowest BCUT2D eigenvalue weighted by Crippen LogP contribution is -2.33. The molecule has 0 aliphatic heterocycles. The highest BCUT2D eigenvalue weighted by molar-refractivity contribution is 7.17. The van der Waals surface area contributed by atoms with Crippen molar-refractivity contribution in [3.8, 4) is 11.1 Å². The van der Waals surface area contributed by atoms with Crippen LogP contribution in [0.25, 0.3) is 21.3 Å². The van der Waals surface area contributed by atoms with E-state index in [1.807, 2.05) is 36.6 Å². The highest BCUT2D eigenvalue weighted by atomic mass is 32.1. The van der Waals surface area contributed by atoms with Crippen LogP contribution < -0.4 is 10.9 Å². The summed E-state index contributed by atoms with van der Waals surface area (Å²) in [4.78, 5) is 30.3. The van der Waals surface area contributed by atoms with Crippen LogP contribution in [0.4, 0.5) is 4.39 Å². The van der Waals surface area contributed by atoms with Crippen LogP contribution in [0, 0.1) is 12.7 Å². The zero-order chi connectivity index (χ0) is 21.1. The summed E-state index contributed by atoms with van der Waals surface area (Å²) in [5.74, 6) is -0.582. The normalized spacial score (nSPS) is 11.0. The van der Waals surface area contributed by atoms with Gasteiger partial charge in [0.1, 0.15) is 17.2 Å². The van der Waals surface area contributed by atoms with E-state index in [9.17, 15) is 14.0 Å². The molecule has 2 heterocycles. The van der Waals surface area contributed by atoms with E-state index in [0.717, 1.165) is 12.0 Å². The van der Waals surface area contributed by atoms with Crippen molar-refractivity contribution in [2.75, 3.05) is 6.54 Å². The van der Waals surface area contributed by atoms with Gasteiger partial charge in [-0.15, -0.1) is 11.3 Å². The lowest BCUT2D eigenvalue weighted by molar-refractivity contribution is -0.121. The molecule has 1 amide bonds. The molecule has 0 atom stereocenters. The van der Waals surface area contributed by atoms with Gasteiger partial charge in [0.2, 0.25) is 5.91 Å². The van der Waals surface area contributed by atoms with Gasteiger partial charge in [0.15, 0.2) is 0 Å². The second-order valence-corrected chi connectivity index (χ2v) is 7.90. The van der Waals surface area contributed by atoms with Gasteiger partial charge >= 0.3 is 0 Å². The Hall–Kier alpha value is -3.32. The first-order valence-electron chi connectivity index (χ1n) is 9.56. The maximum Gasteiger partial charge on any atom is 0.263 e. The predicted molar refractivity (Wildman–Crippen MR) is 117 cm³/mol. The largest absolute Gasteiger partial charge is 0.354 e. The Morgan fingerprint density at radius 2 is 1.93 bits per heavy atom. The van der Waals surface area contributed by atoms with Crippen molar-refractivity contribution in [1.29, 1.82) is 0 Å². The molecule has 0 spiro atoms. The van der Waals surface area contributed by atoms with Crippen molar-refractivity contribution >= 4 is 27.5 Å². The smallest absolute Gasteiger partial charge is 0.263 e. The maximum atomic E-state index is 13.2. The molecule has 0 aliphatic carbocycles. The number of nitrogens with zero attached hydrogens (tertiary/aromatic N) is 2. The first-order valence-corrected chi connectivity index (χ1v) is 10.4. The van der Waals surface area contributed by atoms with Gasteiger partial charge in [0.25, 0.3) is 5.56 Å². The lowest BCUT2D eigenvalue weighted by atomic mass is 10.1. The molecule has 4 rings (SSSR count). The van der Waals surface area contributed by atoms with Gasteiger partial charge < -0.3 is 5.32 Å². The molecule has 0 unspecified atom stereocenters. The molecule has 0 radical (unpaired) electrons. The molecule has 30 heavy (non-hydrogen) atoms. The third kappa shape index (κ3) is 4.16. The van der Waals surface area contributed by atoms with Crippen LogP contribution in [0.1, 0.15) is 11.1 Å². The summed E-state index contributed by atoms with van der Waals surface area (Å²) in [7, 11) is 0. The number of hydrogen-bond acceptors (Lipinski definition) is 4.